The number of rotatable bonds is 4. The molecule has 2 rings (SSSR count). The number of halogens is 1. The number of benzene rings is 1. The summed E-state index contributed by atoms with van der Waals surface area (Å²) in [7, 11) is 0. The van der Waals surface area contributed by atoms with Crippen molar-refractivity contribution in [1.82, 2.24) is 5.32 Å². The first-order valence-electron chi connectivity index (χ1n) is 5.71. The molecule has 0 radical (unpaired) electrons. The molecule has 0 amide bonds. The molecule has 0 bridgehead atoms. The molecule has 0 saturated carbocycles. The van der Waals surface area contributed by atoms with Gasteiger partial charge in [-0.1, -0.05) is 19.9 Å². The molecule has 1 aromatic carbocycles. The Labute approximate surface area is 100 Å². The van der Waals surface area contributed by atoms with Gasteiger partial charge in [-0.05, 0) is 29.3 Å². The van der Waals surface area contributed by atoms with E-state index < -0.39 is 0 Å². The van der Waals surface area contributed by atoms with Crippen molar-refractivity contribution in [3.63, 3.8) is 0 Å². The van der Waals surface area contributed by atoms with Crippen molar-refractivity contribution in [3.8, 4) is 11.1 Å². The molecule has 0 unspecified atom stereocenters. The van der Waals surface area contributed by atoms with Crippen LogP contribution in [0.25, 0.3) is 11.1 Å². The standard InChI is InChI=1S/C14H16FNO/c1-10(2)16-8-11-3-4-13(15)7-14(11)12-5-6-17-9-12/h3-7,9-10,16H,8H2,1-2H3. The second-order valence-corrected chi connectivity index (χ2v) is 4.35. The fourth-order valence-corrected chi connectivity index (χ4v) is 1.70. The monoisotopic (exact) mass is 233 g/mol. The Kier molecular flexibility index (Phi) is 3.59. The van der Waals surface area contributed by atoms with Crippen LogP contribution in [0.2, 0.25) is 0 Å². The van der Waals surface area contributed by atoms with Gasteiger partial charge in [0.2, 0.25) is 0 Å². The fourth-order valence-electron chi connectivity index (χ4n) is 1.70. The average molecular weight is 233 g/mol. The maximum Gasteiger partial charge on any atom is 0.123 e. The van der Waals surface area contributed by atoms with E-state index >= 15 is 0 Å². The lowest BCUT2D eigenvalue weighted by molar-refractivity contribution is 0.567. The van der Waals surface area contributed by atoms with Crippen LogP contribution in [0.3, 0.4) is 0 Å². The molecule has 3 heteroatoms. The molecule has 1 aromatic heterocycles. The molecule has 1 N–H and O–H groups in total. The number of nitrogens with one attached hydrogen (secondary N) is 1. The van der Waals surface area contributed by atoms with Crippen LogP contribution in [-0.4, -0.2) is 6.04 Å². The van der Waals surface area contributed by atoms with E-state index in [9.17, 15) is 4.39 Å². The lowest BCUT2D eigenvalue weighted by Crippen LogP contribution is -2.22. The van der Waals surface area contributed by atoms with Crippen LogP contribution < -0.4 is 5.32 Å². The Morgan fingerprint density at radius 1 is 1.29 bits per heavy atom. The highest BCUT2D eigenvalue weighted by Gasteiger charge is 2.08. The van der Waals surface area contributed by atoms with Crippen LogP contribution >= 0.6 is 0 Å². The maximum atomic E-state index is 13.3. The molecule has 17 heavy (non-hydrogen) atoms. The van der Waals surface area contributed by atoms with Gasteiger partial charge in [0, 0.05) is 18.2 Å². The van der Waals surface area contributed by atoms with Crippen molar-refractivity contribution in [1.29, 1.82) is 0 Å². The van der Waals surface area contributed by atoms with Gasteiger partial charge < -0.3 is 9.73 Å². The van der Waals surface area contributed by atoms with Gasteiger partial charge in [0.15, 0.2) is 0 Å². The third-order valence-electron chi connectivity index (χ3n) is 2.60. The topological polar surface area (TPSA) is 25.2 Å². The molecule has 90 valence electrons. The van der Waals surface area contributed by atoms with Gasteiger partial charge in [-0.15, -0.1) is 0 Å². The van der Waals surface area contributed by atoms with Gasteiger partial charge in [0.05, 0.1) is 12.5 Å². The van der Waals surface area contributed by atoms with Crippen LogP contribution in [0, 0.1) is 5.82 Å². The summed E-state index contributed by atoms with van der Waals surface area (Å²) in [6.07, 6.45) is 3.23. The molecule has 0 aliphatic rings. The second-order valence-electron chi connectivity index (χ2n) is 4.35. The first kappa shape index (κ1) is 11.9. The molecule has 0 atom stereocenters. The van der Waals surface area contributed by atoms with E-state index in [0.29, 0.717) is 6.04 Å². The molecule has 0 spiro atoms. The largest absolute Gasteiger partial charge is 0.472 e. The Hall–Kier alpha value is -1.61. The normalized spacial score (nSPS) is 11.1. The van der Waals surface area contributed by atoms with Crippen LogP contribution in [0.5, 0.6) is 0 Å². The minimum absolute atomic E-state index is 0.227. The van der Waals surface area contributed by atoms with Gasteiger partial charge in [-0.25, -0.2) is 4.39 Å². The summed E-state index contributed by atoms with van der Waals surface area (Å²) >= 11 is 0. The number of hydrogen-bond acceptors (Lipinski definition) is 2. The van der Waals surface area contributed by atoms with E-state index in [2.05, 4.69) is 19.2 Å². The Morgan fingerprint density at radius 3 is 2.76 bits per heavy atom. The summed E-state index contributed by atoms with van der Waals surface area (Å²) in [6.45, 7) is 4.89. The van der Waals surface area contributed by atoms with E-state index in [4.69, 9.17) is 4.42 Å². The predicted molar refractivity (Wildman–Crippen MR) is 66.1 cm³/mol. The Balaban J connectivity index is 2.31. The summed E-state index contributed by atoms with van der Waals surface area (Å²) in [5.41, 5.74) is 2.86. The van der Waals surface area contributed by atoms with Crippen molar-refractivity contribution >= 4 is 0 Å². The van der Waals surface area contributed by atoms with Crippen molar-refractivity contribution in [2.75, 3.05) is 0 Å². The molecular weight excluding hydrogens is 217 g/mol. The lowest BCUT2D eigenvalue weighted by atomic mass is 10.0. The lowest BCUT2D eigenvalue weighted by Gasteiger charge is -2.11. The van der Waals surface area contributed by atoms with Crippen LogP contribution in [0.1, 0.15) is 19.4 Å². The molecule has 0 fully saturated rings. The summed E-state index contributed by atoms with van der Waals surface area (Å²) < 4.78 is 18.3. The zero-order valence-electron chi connectivity index (χ0n) is 10.0. The van der Waals surface area contributed by atoms with E-state index in [1.807, 2.05) is 12.1 Å². The van der Waals surface area contributed by atoms with Crippen molar-refractivity contribution < 1.29 is 8.81 Å². The third-order valence-corrected chi connectivity index (χ3v) is 2.60. The summed E-state index contributed by atoms with van der Waals surface area (Å²) in [6, 6.07) is 7.08. The molecule has 0 saturated heterocycles. The summed E-state index contributed by atoms with van der Waals surface area (Å²) in [5, 5.41) is 3.33. The van der Waals surface area contributed by atoms with Crippen molar-refractivity contribution in [2.45, 2.75) is 26.4 Å². The van der Waals surface area contributed by atoms with E-state index in [-0.39, 0.29) is 5.82 Å². The van der Waals surface area contributed by atoms with E-state index in [1.54, 1.807) is 18.6 Å². The zero-order chi connectivity index (χ0) is 12.3. The van der Waals surface area contributed by atoms with E-state index in [0.717, 1.165) is 23.2 Å². The molecule has 1 heterocycles. The van der Waals surface area contributed by atoms with Crippen molar-refractivity contribution in [2.24, 2.45) is 0 Å². The molecular formula is C14H16FNO. The Bertz CT molecular complexity index is 477. The first-order chi connectivity index (χ1) is 8.16. The quantitative estimate of drug-likeness (QED) is 0.873. The van der Waals surface area contributed by atoms with Crippen LogP contribution in [-0.2, 0) is 6.54 Å². The highest BCUT2D eigenvalue weighted by Crippen LogP contribution is 2.25. The number of furan rings is 1. The fraction of sp³-hybridized carbons (Fsp3) is 0.286. The minimum atomic E-state index is -0.227. The first-order valence-corrected chi connectivity index (χ1v) is 5.71. The number of hydrogen-bond donors (Lipinski definition) is 1. The molecule has 0 aliphatic heterocycles. The van der Waals surface area contributed by atoms with E-state index in [1.165, 1.54) is 6.07 Å². The van der Waals surface area contributed by atoms with Gasteiger partial charge >= 0.3 is 0 Å². The average Bonchev–Trinajstić information content (AvgIpc) is 2.80. The minimum Gasteiger partial charge on any atom is -0.472 e. The van der Waals surface area contributed by atoms with Gasteiger partial charge in [0.1, 0.15) is 5.82 Å². The molecule has 2 aromatic rings. The highest BCUT2D eigenvalue weighted by molar-refractivity contribution is 5.66. The third kappa shape index (κ3) is 2.94. The maximum absolute atomic E-state index is 13.3. The van der Waals surface area contributed by atoms with Gasteiger partial charge in [0.25, 0.3) is 0 Å². The smallest absolute Gasteiger partial charge is 0.123 e. The van der Waals surface area contributed by atoms with Crippen LogP contribution in [0.15, 0.2) is 41.2 Å². The zero-order valence-corrected chi connectivity index (χ0v) is 10.0. The second kappa shape index (κ2) is 5.15. The van der Waals surface area contributed by atoms with Gasteiger partial charge in [-0.2, -0.15) is 0 Å². The SMILES string of the molecule is CC(C)NCc1ccc(F)cc1-c1ccoc1. The van der Waals surface area contributed by atoms with Crippen molar-refractivity contribution in [3.05, 3.63) is 48.2 Å². The Morgan fingerprint density at radius 2 is 2.12 bits per heavy atom. The van der Waals surface area contributed by atoms with Gasteiger partial charge in [-0.3, -0.25) is 0 Å². The predicted octanol–water partition coefficient (Wildman–Crippen LogP) is 3.58. The molecule has 2 nitrogen and oxygen atoms in total. The summed E-state index contributed by atoms with van der Waals surface area (Å²) in [5.74, 6) is -0.227. The molecule has 0 aliphatic carbocycles. The van der Waals surface area contributed by atoms with Crippen LogP contribution in [0.4, 0.5) is 4.39 Å². The summed E-state index contributed by atoms with van der Waals surface area (Å²) in [4.78, 5) is 0. The highest BCUT2D eigenvalue weighted by atomic mass is 19.1.